The van der Waals surface area contributed by atoms with Crippen molar-refractivity contribution < 1.29 is 23.5 Å². The number of carbonyl (C=O) groups excluding carboxylic acids is 3. The van der Waals surface area contributed by atoms with Crippen LogP contribution in [0.4, 0.5) is 15.8 Å². The summed E-state index contributed by atoms with van der Waals surface area (Å²) < 4.78 is 18.1. The fourth-order valence-electron chi connectivity index (χ4n) is 2.03. The fraction of sp³-hybridized carbons (Fsp3) is 0.167. The molecular formula is C18H17FN2O4. The largest absolute Gasteiger partial charge is 0.449 e. The van der Waals surface area contributed by atoms with Gasteiger partial charge < -0.3 is 15.8 Å². The van der Waals surface area contributed by atoms with Crippen molar-refractivity contribution in [1.82, 2.24) is 0 Å². The monoisotopic (exact) mass is 344 g/mol. The van der Waals surface area contributed by atoms with Crippen LogP contribution < -0.4 is 11.1 Å². The van der Waals surface area contributed by atoms with Crippen molar-refractivity contribution in [2.45, 2.75) is 20.0 Å². The number of ketones is 1. The summed E-state index contributed by atoms with van der Waals surface area (Å²) in [7, 11) is 0. The molecule has 7 heteroatoms. The van der Waals surface area contributed by atoms with E-state index in [1.807, 2.05) is 0 Å². The summed E-state index contributed by atoms with van der Waals surface area (Å²) in [5.41, 5.74) is 6.45. The number of rotatable bonds is 5. The number of anilines is 2. The molecule has 0 fully saturated rings. The second-order valence-electron chi connectivity index (χ2n) is 5.40. The number of amides is 1. The maximum atomic E-state index is 13.0. The Hall–Kier alpha value is -3.22. The van der Waals surface area contributed by atoms with Crippen LogP contribution in [-0.4, -0.2) is 23.8 Å². The number of hydrogen-bond donors (Lipinski definition) is 2. The molecule has 0 aromatic heterocycles. The van der Waals surface area contributed by atoms with Gasteiger partial charge in [0.15, 0.2) is 11.9 Å². The lowest BCUT2D eigenvalue weighted by Gasteiger charge is -2.14. The van der Waals surface area contributed by atoms with Gasteiger partial charge in [0.25, 0.3) is 5.91 Å². The number of carbonyl (C=O) groups is 3. The van der Waals surface area contributed by atoms with Crippen molar-refractivity contribution >= 4 is 29.0 Å². The summed E-state index contributed by atoms with van der Waals surface area (Å²) in [6, 6.07) is 9.56. The fourth-order valence-corrected chi connectivity index (χ4v) is 2.03. The van der Waals surface area contributed by atoms with Crippen molar-refractivity contribution in [3.05, 3.63) is 59.4 Å². The molecule has 130 valence electrons. The minimum Gasteiger partial charge on any atom is -0.449 e. The van der Waals surface area contributed by atoms with Crippen LogP contribution in [-0.2, 0) is 9.53 Å². The van der Waals surface area contributed by atoms with Crippen LogP contribution in [0.5, 0.6) is 0 Å². The third kappa shape index (κ3) is 4.63. The van der Waals surface area contributed by atoms with Crippen molar-refractivity contribution in [3.8, 4) is 0 Å². The summed E-state index contributed by atoms with van der Waals surface area (Å²) in [6.45, 7) is 2.84. The van der Waals surface area contributed by atoms with Crippen LogP contribution in [0.1, 0.15) is 34.6 Å². The zero-order valence-electron chi connectivity index (χ0n) is 13.7. The lowest BCUT2D eigenvalue weighted by Crippen LogP contribution is -2.30. The van der Waals surface area contributed by atoms with Gasteiger partial charge in [-0.15, -0.1) is 0 Å². The van der Waals surface area contributed by atoms with Gasteiger partial charge in [0, 0.05) is 16.9 Å². The molecule has 0 radical (unpaired) electrons. The molecule has 0 aliphatic carbocycles. The highest BCUT2D eigenvalue weighted by molar-refractivity contribution is 6.00. The molecule has 2 aromatic carbocycles. The van der Waals surface area contributed by atoms with Gasteiger partial charge in [0.1, 0.15) is 5.82 Å². The molecular weight excluding hydrogens is 327 g/mol. The van der Waals surface area contributed by atoms with Crippen LogP contribution >= 0.6 is 0 Å². The first-order valence-corrected chi connectivity index (χ1v) is 7.46. The third-order valence-corrected chi connectivity index (χ3v) is 3.45. The molecule has 0 bridgehead atoms. The molecule has 25 heavy (non-hydrogen) atoms. The lowest BCUT2D eigenvalue weighted by molar-refractivity contribution is -0.123. The molecule has 0 aliphatic heterocycles. The molecule has 0 heterocycles. The Morgan fingerprint density at radius 1 is 1.12 bits per heavy atom. The van der Waals surface area contributed by atoms with Crippen molar-refractivity contribution in [1.29, 1.82) is 0 Å². The van der Waals surface area contributed by atoms with E-state index in [9.17, 15) is 18.8 Å². The summed E-state index contributed by atoms with van der Waals surface area (Å²) in [4.78, 5) is 35.3. The van der Waals surface area contributed by atoms with E-state index >= 15 is 0 Å². The van der Waals surface area contributed by atoms with Crippen molar-refractivity contribution in [3.63, 3.8) is 0 Å². The maximum Gasteiger partial charge on any atom is 0.341 e. The van der Waals surface area contributed by atoms with E-state index in [2.05, 4.69) is 5.32 Å². The van der Waals surface area contributed by atoms with Crippen LogP contribution in [0.15, 0.2) is 42.5 Å². The number of Topliss-reactive ketones (excluding diaryl/α,β-unsaturated/α-hetero) is 1. The van der Waals surface area contributed by atoms with Crippen LogP contribution in [0.2, 0.25) is 0 Å². The van der Waals surface area contributed by atoms with Crippen molar-refractivity contribution in [2.75, 3.05) is 11.1 Å². The SMILES string of the molecule is CC(=O)c1ccc(NC(=O)[C@H](C)OC(=O)c2ccc(F)cc2N)cc1. The van der Waals surface area contributed by atoms with Gasteiger partial charge in [-0.05, 0) is 56.3 Å². The Kier molecular flexibility index (Phi) is 5.49. The molecule has 1 amide bonds. The minimum atomic E-state index is -1.09. The number of halogens is 1. The Bertz CT molecular complexity index is 818. The number of ether oxygens (including phenoxy) is 1. The van der Waals surface area contributed by atoms with E-state index in [0.717, 1.165) is 12.1 Å². The first-order chi connectivity index (χ1) is 11.8. The van der Waals surface area contributed by atoms with Crippen molar-refractivity contribution in [2.24, 2.45) is 0 Å². The Balaban J connectivity index is 1.99. The van der Waals surface area contributed by atoms with E-state index in [-0.39, 0.29) is 17.0 Å². The normalized spacial score (nSPS) is 11.5. The van der Waals surface area contributed by atoms with Gasteiger partial charge >= 0.3 is 5.97 Å². The number of nitrogens with one attached hydrogen (secondary N) is 1. The first-order valence-electron chi connectivity index (χ1n) is 7.46. The van der Waals surface area contributed by atoms with E-state index < -0.39 is 23.8 Å². The lowest BCUT2D eigenvalue weighted by atomic mass is 10.1. The summed E-state index contributed by atoms with van der Waals surface area (Å²) >= 11 is 0. The number of nitrogens with two attached hydrogens (primary N) is 1. The average molecular weight is 344 g/mol. The summed E-state index contributed by atoms with van der Waals surface area (Å²) in [5.74, 6) is -2.04. The molecule has 0 saturated carbocycles. The third-order valence-electron chi connectivity index (χ3n) is 3.45. The molecule has 0 aliphatic rings. The van der Waals surface area contributed by atoms with Gasteiger partial charge in [-0.2, -0.15) is 0 Å². The van der Waals surface area contributed by atoms with Crippen LogP contribution in [0.25, 0.3) is 0 Å². The molecule has 0 saturated heterocycles. The molecule has 0 spiro atoms. The highest BCUT2D eigenvalue weighted by atomic mass is 19.1. The minimum absolute atomic E-state index is 0.0214. The molecule has 6 nitrogen and oxygen atoms in total. The van der Waals surface area contributed by atoms with Gasteiger partial charge in [-0.1, -0.05) is 0 Å². The van der Waals surface area contributed by atoms with E-state index in [1.54, 1.807) is 24.3 Å². The molecule has 2 aromatic rings. The Morgan fingerprint density at radius 3 is 2.32 bits per heavy atom. The highest BCUT2D eigenvalue weighted by Crippen LogP contribution is 2.16. The number of benzene rings is 2. The Labute approximate surface area is 143 Å². The standard InChI is InChI=1S/C18H17FN2O4/c1-10(22)12-3-6-14(7-4-12)21-17(23)11(2)25-18(24)15-8-5-13(19)9-16(15)20/h3-9,11H,20H2,1-2H3,(H,21,23)/t11-/m0/s1. The van der Waals surface area contributed by atoms with Gasteiger partial charge in [0.05, 0.1) is 5.56 Å². The smallest absolute Gasteiger partial charge is 0.341 e. The second kappa shape index (κ2) is 7.57. The van der Waals surface area contributed by atoms with Gasteiger partial charge in [-0.25, -0.2) is 9.18 Å². The zero-order valence-corrected chi connectivity index (χ0v) is 13.7. The molecule has 2 rings (SSSR count). The zero-order chi connectivity index (χ0) is 18.6. The maximum absolute atomic E-state index is 13.0. The molecule has 3 N–H and O–H groups in total. The number of nitrogen functional groups attached to an aromatic ring is 1. The Morgan fingerprint density at radius 2 is 1.76 bits per heavy atom. The predicted molar refractivity (Wildman–Crippen MR) is 90.8 cm³/mol. The highest BCUT2D eigenvalue weighted by Gasteiger charge is 2.20. The van der Waals surface area contributed by atoms with Gasteiger partial charge in [0.2, 0.25) is 0 Å². The van der Waals surface area contributed by atoms with Gasteiger partial charge in [-0.3, -0.25) is 9.59 Å². The second-order valence-corrected chi connectivity index (χ2v) is 5.40. The van der Waals surface area contributed by atoms with E-state index in [4.69, 9.17) is 10.5 Å². The predicted octanol–water partition coefficient (Wildman–Crippen LogP) is 2.79. The molecule has 1 atom stereocenters. The number of esters is 1. The summed E-state index contributed by atoms with van der Waals surface area (Å²) in [5, 5.41) is 2.57. The molecule has 0 unspecified atom stereocenters. The number of hydrogen-bond acceptors (Lipinski definition) is 5. The van der Waals surface area contributed by atoms with Crippen LogP contribution in [0.3, 0.4) is 0 Å². The van der Waals surface area contributed by atoms with E-state index in [1.165, 1.54) is 19.9 Å². The van der Waals surface area contributed by atoms with Crippen LogP contribution in [0, 0.1) is 5.82 Å². The topological polar surface area (TPSA) is 98.5 Å². The van der Waals surface area contributed by atoms with E-state index in [0.29, 0.717) is 11.3 Å². The quantitative estimate of drug-likeness (QED) is 0.494. The first kappa shape index (κ1) is 18.1. The summed E-state index contributed by atoms with van der Waals surface area (Å²) in [6.07, 6.45) is -1.09. The average Bonchev–Trinajstić information content (AvgIpc) is 2.55.